The number of carbonyl (C=O) groups excluding carboxylic acids is 1. The van der Waals surface area contributed by atoms with E-state index in [-0.39, 0.29) is 12.0 Å². The Bertz CT molecular complexity index is 942. The highest BCUT2D eigenvalue weighted by atomic mass is 32.2. The van der Waals surface area contributed by atoms with Gasteiger partial charge in [-0.15, -0.1) is 11.8 Å². The molecule has 1 N–H and O–H groups in total. The van der Waals surface area contributed by atoms with Gasteiger partial charge in [0.15, 0.2) is 11.5 Å². The summed E-state index contributed by atoms with van der Waals surface area (Å²) in [7, 11) is 3.23. The van der Waals surface area contributed by atoms with Crippen molar-refractivity contribution in [3.05, 3.63) is 95.6 Å². The molecule has 5 nitrogen and oxygen atoms in total. The largest absolute Gasteiger partial charge is 0.493 e. The molecule has 0 aliphatic carbocycles. The molecule has 0 bridgehead atoms. The van der Waals surface area contributed by atoms with Crippen LogP contribution in [0.5, 0.6) is 11.5 Å². The number of carbonyl (C=O) groups is 1. The molecule has 0 saturated carbocycles. The fourth-order valence-electron chi connectivity index (χ4n) is 3.46. The highest BCUT2D eigenvalue weighted by Crippen LogP contribution is 2.28. The second-order valence-electron chi connectivity index (χ2n) is 7.41. The fourth-order valence-corrected chi connectivity index (χ4v) is 4.11. The van der Waals surface area contributed by atoms with Gasteiger partial charge in [0.05, 0.1) is 26.6 Å². The van der Waals surface area contributed by atoms with Crippen LogP contribution in [0.3, 0.4) is 0 Å². The second-order valence-corrected chi connectivity index (χ2v) is 8.52. The van der Waals surface area contributed by atoms with Crippen molar-refractivity contribution in [3.63, 3.8) is 0 Å². The third-order valence-electron chi connectivity index (χ3n) is 5.13. The number of amides is 1. The van der Waals surface area contributed by atoms with E-state index in [0.29, 0.717) is 30.4 Å². The Morgan fingerprint density at radius 2 is 1.52 bits per heavy atom. The molecule has 0 aliphatic heterocycles. The van der Waals surface area contributed by atoms with Crippen LogP contribution >= 0.6 is 11.8 Å². The standard InChI is InChI=1S/C27H31NO4S/c1-30-24-14-13-21(19-25(24)31-2)15-16-28-26(29)20-33-18-17-32-27(22-9-5-3-6-10-22)23-11-7-4-8-12-23/h3-14,19,27H,15-18,20H2,1-2H3,(H,28,29). The van der Waals surface area contributed by atoms with E-state index < -0.39 is 0 Å². The SMILES string of the molecule is COc1ccc(CCNC(=O)CSCCOC(c2ccccc2)c2ccccc2)cc1OC. The van der Waals surface area contributed by atoms with Crippen LogP contribution in [0.2, 0.25) is 0 Å². The molecule has 3 rings (SSSR count). The summed E-state index contributed by atoms with van der Waals surface area (Å²) >= 11 is 1.58. The zero-order chi connectivity index (χ0) is 23.3. The Kier molecular flexibility index (Phi) is 10.1. The van der Waals surface area contributed by atoms with E-state index in [0.717, 1.165) is 28.9 Å². The normalized spacial score (nSPS) is 10.8. The molecule has 0 heterocycles. The van der Waals surface area contributed by atoms with Gasteiger partial charge in [-0.05, 0) is 35.2 Å². The molecule has 0 fully saturated rings. The number of methoxy groups -OCH3 is 2. The lowest BCUT2D eigenvalue weighted by Gasteiger charge is -2.19. The lowest BCUT2D eigenvalue weighted by molar-refractivity contribution is -0.118. The van der Waals surface area contributed by atoms with Crippen molar-refractivity contribution in [1.29, 1.82) is 0 Å². The summed E-state index contributed by atoms with van der Waals surface area (Å²) < 4.78 is 16.8. The van der Waals surface area contributed by atoms with Crippen molar-refractivity contribution in [2.45, 2.75) is 12.5 Å². The van der Waals surface area contributed by atoms with Gasteiger partial charge in [0.2, 0.25) is 5.91 Å². The zero-order valence-corrected chi connectivity index (χ0v) is 20.0. The van der Waals surface area contributed by atoms with E-state index >= 15 is 0 Å². The van der Waals surface area contributed by atoms with E-state index in [4.69, 9.17) is 14.2 Å². The molecule has 6 heteroatoms. The van der Waals surface area contributed by atoms with Crippen LogP contribution < -0.4 is 14.8 Å². The molecule has 0 saturated heterocycles. The zero-order valence-electron chi connectivity index (χ0n) is 19.2. The topological polar surface area (TPSA) is 56.8 Å². The van der Waals surface area contributed by atoms with E-state index in [1.165, 1.54) is 0 Å². The molecule has 0 aromatic heterocycles. The molecule has 0 spiro atoms. The average molecular weight is 466 g/mol. The van der Waals surface area contributed by atoms with Crippen LogP contribution in [0, 0.1) is 0 Å². The summed E-state index contributed by atoms with van der Waals surface area (Å²) in [5.41, 5.74) is 3.34. The number of rotatable bonds is 13. The van der Waals surface area contributed by atoms with E-state index in [9.17, 15) is 4.79 Å². The summed E-state index contributed by atoms with van der Waals surface area (Å²) in [5.74, 6) is 2.59. The van der Waals surface area contributed by atoms with Gasteiger partial charge in [0.1, 0.15) is 6.10 Å². The summed E-state index contributed by atoms with van der Waals surface area (Å²) in [6.07, 6.45) is 0.624. The first-order chi connectivity index (χ1) is 16.2. The van der Waals surface area contributed by atoms with E-state index in [1.54, 1.807) is 26.0 Å². The lowest BCUT2D eigenvalue weighted by Crippen LogP contribution is -2.27. The molecule has 3 aromatic rings. The molecule has 174 valence electrons. The Hall–Kier alpha value is -2.96. The predicted molar refractivity (Wildman–Crippen MR) is 134 cm³/mol. The molecule has 33 heavy (non-hydrogen) atoms. The highest BCUT2D eigenvalue weighted by molar-refractivity contribution is 7.99. The van der Waals surface area contributed by atoms with Crippen LogP contribution in [-0.2, 0) is 16.0 Å². The summed E-state index contributed by atoms with van der Waals surface area (Å²) in [5, 5.41) is 2.98. The van der Waals surface area contributed by atoms with Crippen molar-refractivity contribution >= 4 is 17.7 Å². The minimum Gasteiger partial charge on any atom is -0.493 e. The third-order valence-corrected chi connectivity index (χ3v) is 6.06. The number of ether oxygens (including phenoxy) is 3. The fraction of sp³-hybridized carbons (Fsp3) is 0.296. The van der Waals surface area contributed by atoms with Crippen LogP contribution in [0.25, 0.3) is 0 Å². The van der Waals surface area contributed by atoms with Crippen molar-refractivity contribution < 1.29 is 19.0 Å². The molecule has 0 aliphatic rings. The highest BCUT2D eigenvalue weighted by Gasteiger charge is 2.14. The molecule has 1 amide bonds. The van der Waals surface area contributed by atoms with E-state index in [2.05, 4.69) is 29.6 Å². The Morgan fingerprint density at radius 3 is 2.12 bits per heavy atom. The Labute approximate surface area is 200 Å². The quantitative estimate of drug-likeness (QED) is 0.364. The van der Waals surface area contributed by atoms with Crippen molar-refractivity contribution in [2.75, 3.05) is 38.9 Å². The maximum absolute atomic E-state index is 12.2. The molecule has 0 radical (unpaired) electrons. The van der Waals surface area contributed by atoms with Gasteiger partial charge >= 0.3 is 0 Å². The Balaban J connectivity index is 1.37. The Morgan fingerprint density at radius 1 is 0.879 bits per heavy atom. The van der Waals surface area contributed by atoms with Crippen LogP contribution in [0.1, 0.15) is 22.8 Å². The maximum atomic E-state index is 12.2. The third kappa shape index (κ3) is 7.84. The number of hydrogen-bond acceptors (Lipinski definition) is 5. The summed E-state index contributed by atoms with van der Waals surface area (Å²) in [4.78, 5) is 12.2. The first-order valence-corrected chi connectivity index (χ1v) is 12.1. The first kappa shape index (κ1) is 24.7. The monoisotopic (exact) mass is 465 g/mol. The number of nitrogens with one attached hydrogen (secondary N) is 1. The summed E-state index contributed by atoms with van der Waals surface area (Å²) in [6.45, 7) is 1.15. The van der Waals surface area contributed by atoms with Crippen LogP contribution in [0.15, 0.2) is 78.9 Å². The van der Waals surface area contributed by atoms with Crippen molar-refractivity contribution in [3.8, 4) is 11.5 Å². The minimum absolute atomic E-state index is 0.0307. The van der Waals surface area contributed by atoms with Gasteiger partial charge in [-0.1, -0.05) is 66.7 Å². The van der Waals surface area contributed by atoms with E-state index in [1.807, 2.05) is 54.6 Å². The van der Waals surface area contributed by atoms with Crippen molar-refractivity contribution in [2.24, 2.45) is 0 Å². The molecule has 0 unspecified atom stereocenters. The van der Waals surface area contributed by atoms with Crippen LogP contribution in [0.4, 0.5) is 0 Å². The predicted octanol–water partition coefficient (Wildman–Crippen LogP) is 4.90. The summed E-state index contributed by atoms with van der Waals surface area (Å²) in [6, 6.07) is 26.2. The average Bonchev–Trinajstić information content (AvgIpc) is 2.87. The lowest BCUT2D eigenvalue weighted by atomic mass is 10.0. The molecule has 3 aromatic carbocycles. The van der Waals surface area contributed by atoms with Crippen LogP contribution in [-0.4, -0.2) is 44.8 Å². The molecular weight excluding hydrogens is 434 g/mol. The molecule has 0 atom stereocenters. The minimum atomic E-state index is -0.108. The van der Waals surface area contributed by atoms with Gasteiger partial charge in [-0.25, -0.2) is 0 Å². The smallest absolute Gasteiger partial charge is 0.230 e. The molecular formula is C27H31NO4S. The maximum Gasteiger partial charge on any atom is 0.230 e. The second kappa shape index (κ2) is 13.6. The van der Waals surface area contributed by atoms with Crippen molar-refractivity contribution in [1.82, 2.24) is 5.32 Å². The van der Waals surface area contributed by atoms with Gasteiger partial charge in [-0.2, -0.15) is 0 Å². The van der Waals surface area contributed by atoms with Gasteiger partial charge < -0.3 is 19.5 Å². The first-order valence-electron chi connectivity index (χ1n) is 11.0. The van der Waals surface area contributed by atoms with Gasteiger partial charge in [0.25, 0.3) is 0 Å². The number of thioether (sulfide) groups is 1. The van der Waals surface area contributed by atoms with Gasteiger partial charge in [0, 0.05) is 12.3 Å². The number of hydrogen-bond donors (Lipinski definition) is 1. The number of benzene rings is 3. The van der Waals surface area contributed by atoms with Gasteiger partial charge in [-0.3, -0.25) is 4.79 Å².